The molecule has 0 aromatic carbocycles. The van der Waals surface area contributed by atoms with Gasteiger partial charge in [0.15, 0.2) is 0 Å². The van der Waals surface area contributed by atoms with Crippen LogP contribution in [0.3, 0.4) is 0 Å². The monoisotopic (exact) mass is 182 g/mol. The lowest BCUT2D eigenvalue weighted by atomic mass is 10.0. The Labute approximate surface area is 75.3 Å². The van der Waals surface area contributed by atoms with Gasteiger partial charge in [-0.25, -0.2) is 4.98 Å². The second kappa shape index (κ2) is 3.65. The van der Waals surface area contributed by atoms with Crippen molar-refractivity contribution in [1.29, 1.82) is 5.26 Å². The third-order valence-corrected chi connectivity index (χ3v) is 2.70. The topological polar surface area (TPSA) is 56.9 Å². The molecular formula is C8H10N2OS. The van der Waals surface area contributed by atoms with Crippen LogP contribution in [-0.4, -0.2) is 16.2 Å². The van der Waals surface area contributed by atoms with Crippen molar-refractivity contribution in [3.63, 3.8) is 0 Å². The highest BCUT2D eigenvalue weighted by atomic mass is 32.1. The summed E-state index contributed by atoms with van der Waals surface area (Å²) in [6, 6.07) is 2.07. The van der Waals surface area contributed by atoms with Crippen molar-refractivity contribution in [3.05, 3.63) is 16.1 Å². The Morgan fingerprint density at radius 3 is 2.75 bits per heavy atom. The molecule has 1 rings (SSSR count). The number of nitrogens with zero attached hydrogens (tertiary/aromatic N) is 2. The number of rotatable bonds is 2. The number of aliphatic hydroxyl groups excluding tert-OH is 1. The van der Waals surface area contributed by atoms with Crippen LogP contribution in [0.25, 0.3) is 0 Å². The zero-order valence-corrected chi connectivity index (χ0v) is 7.80. The number of nitriles is 1. The molecule has 0 amide bonds. The number of hydrogen-bond donors (Lipinski definition) is 1. The highest BCUT2D eigenvalue weighted by molar-refractivity contribution is 7.09. The molecule has 1 N–H and O–H groups in total. The third kappa shape index (κ3) is 1.63. The molecule has 0 aliphatic heterocycles. The van der Waals surface area contributed by atoms with E-state index in [0.29, 0.717) is 0 Å². The summed E-state index contributed by atoms with van der Waals surface area (Å²) < 4.78 is 0. The Hall–Kier alpha value is -0.920. The van der Waals surface area contributed by atoms with Crippen LogP contribution in [0.15, 0.2) is 5.51 Å². The third-order valence-electron chi connectivity index (χ3n) is 1.69. The zero-order valence-electron chi connectivity index (χ0n) is 6.98. The van der Waals surface area contributed by atoms with E-state index >= 15 is 0 Å². The van der Waals surface area contributed by atoms with Crippen LogP contribution < -0.4 is 0 Å². The summed E-state index contributed by atoms with van der Waals surface area (Å²) in [5, 5.41) is 18.0. The van der Waals surface area contributed by atoms with Crippen LogP contribution in [0, 0.1) is 18.3 Å². The molecule has 0 saturated heterocycles. The van der Waals surface area contributed by atoms with Crippen LogP contribution in [0.5, 0.6) is 0 Å². The quantitative estimate of drug-likeness (QED) is 0.753. The summed E-state index contributed by atoms with van der Waals surface area (Å²) in [4.78, 5) is 4.89. The fourth-order valence-electron chi connectivity index (χ4n) is 0.995. The summed E-state index contributed by atoms with van der Waals surface area (Å²) in [5.74, 6) is -0.433. The Balaban J connectivity index is 2.97. The second-order valence-electron chi connectivity index (χ2n) is 2.65. The van der Waals surface area contributed by atoms with Crippen molar-refractivity contribution in [2.45, 2.75) is 25.9 Å². The number of aliphatic hydroxyl groups is 1. The molecule has 1 aromatic rings. The Morgan fingerprint density at radius 1 is 1.75 bits per heavy atom. The summed E-state index contributed by atoms with van der Waals surface area (Å²) in [6.07, 6.45) is -0.630. The summed E-state index contributed by atoms with van der Waals surface area (Å²) >= 11 is 1.42. The second-order valence-corrected chi connectivity index (χ2v) is 3.54. The lowest BCUT2D eigenvalue weighted by Gasteiger charge is -2.09. The van der Waals surface area contributed by atoms with Crippen molar-refractivity contribution >= 4 is 11.3 Å². The minimum Gasteiger partial charge on any atom is -0.392 e. The Morgan fingerprint density at radius 2 is 2.42 bits per heavy atom. The van der Waals surface area contributed by atoms with E-state index in [2.05, 4.69) is 11.1 Å². The molecule has 2 unspecified atom stereocenters. The molecule has 2 atom stereocenters. The van der Waals surface area contributed by atoms with Gasteiger partial charge in [-0.2, -0.15) is 5.26 Å². The van der Waals surface area contributed by atoms with Crippen LogP contribution >= 0.6 is 11.3 Å². The van der Waals surface area contributed by atoms with Gasteiger partial charge in [-0.15, -0.1) is 11.3 Å². The van der Waals surface area contributed by atoms with Crippen molar-refractivity contribution < 1.29 is 5.11 Å². The van der Waals surface area contributed by atoms with Gasteiger partial charge in [-0.1, -0.05) is 0 Å². The van der Waals surface area contributed by atoms with E-state index in [1.165, 1.54) is 11.3 Å². The minimum atomic E-state index is -0.630. The zero-order chi connectivity index (χ0) is 9.14. The SMILES string of the molecule is Cc1ncsc1C(C#N)C(C)O. The molecule has 0 bridgehead atoms. The molecule has 0 radical (unpaired) electrons. The first kappa shape index (κ1) is 9.17. The molecule has 0 aliphatic carbocycles. The van der Waals surface area contributed by atoms with E-state index < -0.39 is 12.0 Å². The van der Waals surface area contributed by atoms with Gasteiger partial charge in [0.1, 0.15) is 5.92 Å². The smallest absolute Gasteiger partial charge is 0.108 e. The van der Waals surface area contributed by atoms with Crippen molar-refractivity contribution in [3.8, 4) is 6.07 Å². The van der Waals surface area contributed by atoms with Gasteiger partial charge in [-0.05, 0) is 13.8 Å². The lowest BCUT2D eigenvalue weighted by Crippen LogP contribution is -2.12. The van der Waals surface area contributed by atoms with Gasteiger partial charge in [0, 0.05) is 4.88 Å². The molecule has 0 saturated carbocycles. The fourth-order valence-corrected chi connectivity index (χ4v) is 1.94. The Kier molecular flexibility index (Phi) is 2.79. The molecule has 1 heterocycles. The maximum absolute atomic E-state index is 9.26. The summed E-state index contributed by atoms with van der Waals surface area (Å²) in [6.45, 7) is 3.46. The normalized spacial score (nSPS) is 15.2. The first-order valence-corrected chi connectivity index (χ1v) is 4.52. The molecule has 0 spiro atoms. The van der Waals surface area contributed by atoms with Crippen molar-refractivity contribution in [2.24, 2.45) is 0 Å². The number of aryl methyl sites for hydroxylation is 1. The molecule has 64 valence electrons. The standard InChI is InChI=1S/C8H10N2OS/c1-5-8(12-4-10-5)7(3-9)6(2)11/h4,6-7,11H,1-2H3. The molecule has 0 fully saturated rings. The lowest BCUT2D eigenvalue weighted by molar-refractivity contribution is 0.182. The van der Waals surface area contributed by atoms with E-state index in [-0.39, 0.29) is 0 Å². The van der Waals surface area contributed by atoms with Crippen molar-refractivity contribution in [2.75, 3.05) is 0 Å². The number of aromatic nitrogens is 1. The van der Waals surface area contributed by atoms with Gasteiger partial charge < -0.3 is 5.11 Å². The van der Waals surface area contributed by atoms with Crippen molar-refractivity contribution in [1.82, 2.24) is 4.98 Å². The summed E-state index contributed by atoms with van der Waals surface area (Å²) in [7, 11) is 0. The molecular weight excluding hydrogens is 172 g/mol. The highest BCUT2D eigenvalue weighted by Gasteiger charge is 2.20. The Bertz CT molecular complexity index is 300. The van der Waals surface area contributed by atoms with Crippen LogP contribution in [-0.2, 0) is 0 Å². The first-order valence-electron chi connectivity index (χ1n) is 3.64. The molecule has 4 heteroatoms. The predicted octanol–water partition coefficient (Wildman–Crippen LogP) is 1.44. The van der Waals surface area contributed by atoms with E-state index in [9.17, 15) is 5.11 Å². The molecule has 1 aromatic heterocycles. The maximum atomic E-state index is 9.26. The van der Waals surface area contributed by atoms with Crippen LogP contribution in [0.4, 0.5) is 0 Å². The number of hydrogen-bond acceptors (Lipinski definition) is 4. The maximum Gasteiger partial charge on any atom is 0.108 e. The predicted molar refractivity (Wildman–Crippen MR) is 46.9 cm³/mol. The van der Waals surface area contributed by atoms with Crippen LogP contribution in [0.2, 0.25) is 0 Å². The minimum absolute atomic E-state index is 0.433. The van der Waals surface area contributed by atoms with Gasteiger partial charge in [0.25, 0.3) is 0 Å². The van der Waals surface area contributed by atoms with E-state index in [1.54, 1.807) is 12.4 Å². The van der Waals surface area contributed by atoms with E-state index in [1.807, 2.05) is 6.92 Å². The van der Waals surface area contributed by atoms with Gasteiger partial charge in [-0.3, -0.25) is 0 Å². The van der Waals surface area contributed by atoms with E-state index in [0.717, 1.165) is 10.6 Å². The summed E-state index contributed by atoms with van der Waals surface area (Å²) in [5.41, 5.74) is 2.53. The van der Waals surface area contributed by atoms with Crippen LogP contribution in [0.1, 0.15) is 23.4 Å². The highest BCUT2D eigenvalue weighted by Crippen LogP contribution is 2.25. The average molecular weight is 182 g/mol. The van der Waals surface area contributed by atoms with Gasteiger partial charge >= 0.3 is 0 Å². The molecule has 12 heavy (non-hydrogen) atoms. The van der Waals surface area contributed by atoms with E-state index in [4.69, 9.17) is 5.26 Å². The van der Waals surface area contributed by atoms with Gasteiger partial charge in [0.2, 0.25) is 0 Å². The first-order chi connectivity index (χ1) is 5.66. The fraction of sp³-hybridized carbons (Fsp3) is 0.500. The number of thiazole rings is 1. The molecule has 3 nitrogen and oxygen atoms in total. The average Bonchev–Trinajstić information content (AvgIpc) is 2.38. The molecule has 0 aliphatic rings. The van der Waals surface area contributed by atoms with Gasteiger partial charge in [0.05, 0.1) is 23.4 Å². The largest absolute Gasteiger partial charge is 0.392 e.